The van der Waals surface area contributed by atoms with Crippen molar-refractivity contribution in [2.45, 2.75) is 17.7 Å². The minimum absolute atomic E-state index is 0.0152. The van der Waals surface area contributed by atoms with Crippen LogP contribution in [-0.2, 0) is 14.6 Å². The van der Waals surface area contributed by atoms with E-state index in [2.05, 4.69) is 15.5 Å². The lowest BCUT2D eigenvalue weighted by molar-refractivity contribution is -0.119. The van der Waals surface area contributed by atoms with Gasteiger partial charge in [-0.2, -0.15) is 0 Å². The Labute approximate surface area is 141 Å². The van der Waals surface area contributed by atoms with Crippen LogP contribution in [0.1, 0.15) is 6.42 Å². The van der Waals surface area contributed by atoms with Gasteiger partial charge in [0, 0.05) is 11.6 Å². The summed E-state index contributed by atoms with van der Waals surface area (Å²) < 4.78 is 41.0. The van der Waals surface area contributed by atoms with Crippen molar-refractivity contribution in [3.8, 4) is 11.5 Å². The van der Waals surface area contributed by atoms with Crippen LogP contribution in [0.4, 0.5) is 4.39 Å². The highest BCUT2D eigenvalue weighted by Gasteiger charge is 2.28. The summed E-state index contributed by atoms with van der Waals surface area (Å²) in [6.07, 6.45) is 0.439. The fourth-order valence-electron chi connectivity index (χ4n) is 2.28. The number of amides is 1. The molecule has 0 unspecified atom stereocenters. The first-order valence-corrected chi connectivity index (χ1v) is 9.94. The molecule has 2 aromatic rings. The van der Waals surface area contributed by atoms with E-state index in [-0.39, 0.29) is 46.1 Å². The zero-order valence-corrected chi connectivity index (χ0v) is 14.1. The van der Waals surface area contributed by atoms with Gasteiger partial charge in [-0.1, -0.05) is 11.8 Å². The summed E-state index contributed by atoms with van der Waals surface area (Å²) in [6.45, 7) is 0. The Morgan fingerprint density at radius 1 is 1.33 bits per heavy atom. The molecule has 1 fully saturated rings. The molecule has 0 radical (unpaired) electrons. The Bertz CT molecular complexity index is 836. The van der Waals surface area contributed by atoms with E-state index in [0.717, 1.165) is 11.8 Å². The van der Waals surface area contributed by atoms with Crippen LogP contribution in [0.2, 0.25) is 0 Å². The quantitative estimate of drug-likeness (QED) is 0.790. The number of carbonyl (C=O) groups is 1. The van der Waals surface area contributed by atoms with Gasteiger partial charge in [0.1, 0.15) is 5.82 Å². The molecule has 10 heteroatoms. The lowest BCUT2D eigenvalue weighted by Gasteiger charge is -2.09. The molecule has 2 heterocycles. The van der Waals surface area contributed by atoms with Crippen molar-refractivity contribution in [1.29, 1.82) is 0 Å². The Morgan fingerprint density at radius 3 is 2.75 bits per heavy atom. The number of aromatic nitrogens is 2. The van der Waals surface area contributed by atoms with Crippen LogP contribution in [0.5, 0.6) is 0 Å². The average Bonchev–Trinajstić information content (AvgIpc) is 3.12. The van der Waals surface area contributed by atoms with Crippen LogP contribution < -0.4 is 5.32 Å². The summed E-state index contributed by atoms with van der Waals surface area (Å²) in [7, 11) is -3.03. The number of nitrogens with zero attached hydrogens (tertiary/aromatic N) is 2. The van der Waals surface area contributed by atoms with Crippen LogP contribution in [0.15, 0.2) is 33.9 Å². The maximum atomic E-state index is 12.9. The third-order valence-electron chi connectivity index (χ3n) is 3.42. The molecule has 1 aromatic heterocycles. The number of rotatable bonds is 5. The van der Waals surface area contributed by atoms with Crippen molar-refractivity contribution in [1.82, 2.24) is 15.5 Å². The molecule has 1 N–H and O–H groups in total. The summed E-state index contributed by atoms with van der Waals surface area (Å²) in [5.74, 6) is -0.280. The number of benzene rings is 1. The van der Waals surface area contributed by atoms with Crippen LogP contribution in [0.3, 0.4) is 0 Å². The topological polar surface area (TPSA) is 102 Å². The van der Waals surface area contributed by atoms with Crippen molar-refractivity contribution in [2.24, 2.45) is 0 Å². The van der Waals surface area contributed by atoms with Crippen molar-refractivity contribution in [2.75, 3.05) is 17.3 Å². The molecule has 24 heavy (non-hydrogen) atoms. The van der Waals surface area contributed by atoms with Crippen molar-refractivity contribution < 1.29 is 22.0 Å². The van der Waals surface area contributed by atoms with Gasteiger partial charge >= 0.3 is 0 Å². The largest absolute Gasteiger partial charge is 0.411 e. The van der Waals surface area contributed by atoms with Crippen LogP contribution in [0, 0.1) is 5.82 Å². The monoisotopic (exact) mass is 371 g/mol. The van der Waals surface area contributed by atoms with E-state index >= 15 is 0 Å². The Kier molecular flexibility index (Phi) is 4.86. The third kappa shape index (κ3) is 4.32. The van der Waals surface area contributed by atoms with E-state index in [1.807, 2.05) is 0 Å². The molecule has 0 bridgehead atoms. The fraction of sp³-hybridized carbons (Fsp3) is 0.357. The molecule has 1 atom stereocenters. The predicted molar refractivity (Wildman–Crippen MR) is 85.6 cm³/mol. The molecule has 0 aliphatic carbocycles. The van der Waals surface area contributed by atoms with Crippen LogP contribution >= 0.6 is 11.8 Å². The van der Waals surface area contributed by atoms with E-state index in [0.29, 0.717) is 12.0 Å². The maximum absolute atomic E-state index is 12.9. The van der Waals surface area contributed by atoms with E-state index < -0.39 is 9.84 Å². The second kappa shape index (κ2) is 6.89. The van der Waals surface area contributed by atoms with Gasteiger partial charge in [-0.25, -0.2) is 12.8 Å². The molecule has 1 saturated heterocycles. The molecule has 1 aromatic carbocycles. The normalized spacial score (nSPS) is 19.3. The minimum atomic E-state index is -3.03. The number of thioether (sulfide) groups is 1. The van der Waals surface area contributed by atoms with Gasteiger partial charge in [0.25, 0.3) is 5.22 Å². The first-order valence-electron chi connectivity index (χ1n) is 7.13. The van der Waals surface area contributed by atoms with Gasteiger partial charge < -0.3 is 9.73 Å². The Hall–Kier alpha value is -1.94. The molecule has 1 aliphatic rings. The first kappa shape index (κ1) is 16.9. The van der Waals surface area contributed by atoms with Crippen molar-refractivity contribution in [3.05, 3.63) is 30.1 Å². The van der Waals surface area contributed by atoms with E-state index in [1.165, 1.54) is 24.3 Å². The summed E-state index contributed by atoms with van der Waals surface area (Å²) >= 11 is 1.05. The number of carbonyl (C=O) groups excluding carboxylic acids is 1. The van der Waals surface area contributed by atoms with E-state index in [1.54, 1.807) is 0 Å². The lowest BCUT2D eigenvalue weighted by Crippen LogP contribution is -2.36. The van der Waals surface area contributed by atoms with E-state index in [9.17, 15) is 17.6 Å². The zero-order chi connectivity index (χ0) is 17.2. The number of hydrogen-bond donors (Lipinski definition) is 1. The first-order chi connectivity index (χ1) is 11.4. The Morgan fingerprint density at radius 2 is 2.08 bits per heavy atom. The average molecular weight is 371 g/mol. The van der Waals surface area contributed by atoms with Gasteiger partial charge in [-0.15, -0.1) is 10.2 Å². The van der Waals surface area contributed by atoms with E-state index in [4.69, 9.17) is 4.42 Å². The second-order valence-electron chi connectivity index (χ2n) is 5.34. The molecular weight excluding hydrogens is 357 g/mol. The molecule has 1 aliphatic heterocycles. The molecular formula is C14H14FN3O4S2. The summed E-state index contributed by atoms with van der Waals surface area (Å²) in [5, 5.41) is 10.6. The standard InChI is InChI=1S/C14H14FN3O4S2/c15-10-3-1-9(2-4-10)13-17-18-14(22-13)23-7-12(19)16-11-5-6-24(20,21)8-11/h1-4,11H,5-8H2,(H,16,19)/t11-/m0/s1. The fourth-order valence-corrected chi connectivity index (χ4v) is 4.53. The molecule has 1 amide bonds. The highest BCUT2D eigenvalue weighted by molar-refractivity contribution is 7.99. The predicted octanol–water partition coefficient (Wildman–Crippen LogP) is 1.27. The van der Waals surface area contributed by atoms with Gasteiger partial charge in [0.05, 0.1) is 17.3 Å². The molecule has 7 nitrogen and oxygen atoms in total. The lowest BCUT2D eigenvalue weighted by atomic mass is 10.2. The molecule has 0 saturated carbocycles. The maximum Gasteiger partial charge on any atom is 0.277 e. The number of sulfone groups is 1. The van der Waals surface area contributed by atoms with Gasteiger partial charge in [0.15, 0.2) is 9.84 Å². The highest BCUT2D eigenvalue weighted by atomic mass is 32.2. The molecule has 128 valence electrons. The van der Waals surface area contributed by atoms with Crippen LogP contribution in [-0.4, -0.2) is 47.8 Å². The zero-order valence-electron chi connectivity index (χ0n) is 12.4. The smallest absolute Gasteiger partial charge is 0.277 e. The summed E-state index contributed by atoms with van der Waals surface area (Å²) in [5.41, 5.74) is 0.580. The minimum Gasteiger partial charge on any atom is -0.411 e. The van der Waals surface area contributed by atoms with Crippen molar-refractivity contribution in [3.63, 3.8) is 0 Å². The van der Waals surface area contributed by atoms with Gasteiger partial charge in [-0.05, 0) is 30.7 Å². The number of nitrogens with one attached hydrogen (secondary N) is 1. The second-order valence-corrected chi connectivity index (χ2v) is 8.49. The highest BCUT2D eigenvalue weighted by Crippen LogP contribution is 2.23. The number of halogens is 1. The van der Waals surface area contributed by atoms with Crippen molar-refractivity contribution >= 4 is 27.5 Å². The SMILES string of the molecule is O=C(CSc1nnc(-c2ccc(F)cc2)o1)N[C@H]1CCS(=O)(=O)C1. The van der Waals surface area contributed by atoms with Crippen LogP contribution in [0.25, 0.3) is 11.5 Å². The van der Waals surface area contributed by atoms with Gasteiger partial charge in [0.2, 0.25) is 11.8 Å². The number of hydrogen-bond acceptors (Lipinski definition) is 7. The molecule has 0 spiro atoms. The van der Waals surface area contributed by atoms with Gasteiger partial charge in [-0.3, -0.25) is 4.79 Å². The summed E-state index contributed by atoms with van der Waals surface area (Å²) in [4.78, 5) is 11.8. The Balaban J connectivity index is 1.52. The summed E-state index contributed by atoms with van der Waals surface area (Å²) in [6, 6.07) is 5.28. The third-order valence-corrected chi connectivity index (χ3v) is 6.01. The molecule has 3 rings (SSSR count).